The summed E-state index contributed by atoms with van der Waals surface area (Å²) < 4.78 is 11.5. The summed E-state index contributed by atoms with van der Waals surface area (Å²) >= 11 is 0. The number of hydrogen-bond acceptors (Lipinski definition) is 5. The molecule has 6 heteroatoms. The van der Waals surface area contributed by atoms with Crippen molar-refractivity contribution in [1.82, 2.24) is 14.8 Å². The first-order valence-corrected chi connectivity index (χ1v) is 9.23. The number of nitrogens with zero attached hydrogens (tertiary/aromatic N) is 3. The van der Waals surface area contributed by atoms with Crippen LogP contribution in [0.25, 0.3) is 0 Å². The Morgan fingerprint density at radius 2 is 2.27 bits per heavy atom. The molecule has 3 atom stereocenters. The van der Waals surface area contributed by atoms with Crippen molar-refractivity contribution >= 4 is 5.91 Å². The first-order valence-electron chi connectivity index (χ1n) is 9.23. The summed E-state index contributed by atoms with van der Waals surface area (Å²) in [6, 6.07) is 9.38. The first kappa shape index (κ1) is 17.2. The molecule has 2 aromatic heterocycles. The van der Waals surface area contributed by atoms with Gasteiger partial charge in [-0.15, -0.1) is 0 Å². The molecule has 2 aliphatic heterocycles. The van der Waals surface area contributed by atoms with E-state index in [-0.39, 0.29) is 12.0 Å². The molecule has 2 aromatic rings. The van der Waals surface area contributed by atoms with E-state index in [0.717, 1.165) is 45.0 Å². The smallest absolute Gasteiger partial charge is 0.272 e. The molecule has 2 aliphatic rings. The number of rotatable bonds is 5. The van der Waals surface area contributed by atoms with Crippen molar-refractivity contribution in [2.45, 2.75) is 19.1 Å². The Morgan fingerprint density at radius 3 is 3.04 bits per heavy atom. The highest BCUT2D eigenvalue weighted by Gasteiger charge is 2.42. The lowest BCUT2D eigenvalue weighted by atomic mass is 9.84. The Balaban J connectivity index is 1.38. The molecule has 4 heterocycles. The summed E-state index contributed by atoms with van der Waals surface area (Å²) in [6.45, 7) is 3.94. The second-order valence-corrected chi connectivity index (χ2v) is 7.33. The molecule has 0 unspecified atom stereocenters. The Morgan fingerprint density at radius 1 is 1.35 bits per heavy atom. The number of hydrogen-bond donors (Lipinski definition) is 0. The van der Waals surface area contributed by atoms with Gasteiger partial charge in [0.15, 0.2) is 0 Å². The summed E-state index contributed by atoms with van der Waals surface area (Å²) in [5.74, 6) is 1.91. The Hall–Kier alpha value is -2.18. The summed E-state index contributed by atoms with van der Waals surface area (Å²) in [5.41, 5.74) is 0.524. The minimum atomic E-state index is 0.0265. The molecule has 0 bridgehead atoms. The fourth-order valence-electron chi connectivity index (χ4n) is 4.09. The summed E-state index contributed by atoms with van der Waals surface area (Å²) in [7, 11) is 2.08. The molecule has 1 amide bonds. The van der Waals surface area contributed by atoms with Gasteiger partial charge in [-0.25, -0.2) is 0 Å². The van der Waals surface area contributed by atoms with Gasteiger partial charge in [-0.2, -0.15) is 0 Å². The number of amides is 1. The molecule has 26 heavy (non-hydrogen) atoms. The van der Waals surface area contributed by atoms with Crippen LogP contribution in [0.15, 0.2) is 47.2 Å². The summed E-state index contributed by atoms with van der Waals surface area (Å²) in [4.78, 5) is 21.1. The number of pyridine rings is 1. The number of furan rings is 1. The number of likely N-dealkylation sites (N-methyl/N-ethyl adjacent to an activating group) is 1. The van der Waals surface area contributed by atoms with Crippen LogP contribution >= 0.6 is 0 Å². The largest absolute Gasteiger partial charge is 0.468 e. The van der Waals surface area contributed by atoms with Gasteiger partial charge in [-0.05, 0) is 43.7 Å². The number of ether oxygens (including phenoxy) is 1. The Labute approximate surface area is 153 Å². The molecule has 4 rings (SSSR count). The van der Waals surface area contributed by atoms with Gasteiger partial charge in [0.1, 0.15) is 11.5 Å². The normalized spacial score (nSPS) is 25.5. The number of carbonyl (C=O) groups is 1. The summed E-state index contributed by atoms with van der Waals surface area (Å²) in [6.07, 6.45) is 4.53. The van der Waals surface area contributed by atoms with Crippen LogP contribution in [0.2, 0.25) is 0 Å². The standard InChI is InChI=1S/C20H25N3O3/c1-22(11-16-5-4-10-25-16)13-19-17-12-23(9-7-15(17)14-26-19)20(24)18-6-2-3-8-21-18/h2-6,8,10,15,17,19H,7,9,11-14H2,1H3/t15-,17-,19+/m1/s1. The zero-order valence-corrected chi connectivity index (χ0v) is 15.1. The second kappa shape index (κ2) is 7.60. The quantitative estimate of drug-likeness (QED) is 0.824. The van der Waals surface area contributed by atoms with Crippen molar-refractivity contribution in [3.63, 3.8) is 0 Å². The van der Waals surface area contributed by atoms with Gasteiger partial charge in [0.25, 0.3) is 5.91 Å². The van der Waals surface area contributed by atoms with E-state index >= 15 is 0 Å². The monoisotopic (exact) mass is 355 g/mol. The Kier molecular flexibility index (Phi) is 5.04. The van der Waals surface area contributed by atoms with Crippen molar-refractivity contribution < 1.29 is 13.9 Å². The zero-order valence-electron chi connectivity index (χ0n) is 15.1. The molecule has 6 nitrogen and oxygen atoms in total. The molecular formula is C20H25N3O3. The van der Waals surface area contributed by atoms with Gasteiger partial charge < -0.3 is 14.1 Å². The molecule has 0 spiro atoms. The van der Waals surface area contributed by atoms with Crippen LogP contribution in [0.3, 0.4) is 0 Å². The van der Waals surface area contributed by atoms with Crippen molar-refractivity contribution in [1.29, 1.82) is 0 Å². The zero-order chi connectivity index (χ0) is 17.9. The molecular weight excluding hydrogens is 330 g/mol. The molecule has 0 radical (unpaired) electrons. The average Bonchev–Trinajstić information content (AvgIpc) is 3.31. The maximum atomic E-state index is 12.7. The molecule has 0 aliphatic carbocycles. The lowest BCUT2D eigenvalue weighted by Gasteiger charge is -2.36. The SMILES string of the molecule is CN(Cc1ccco1)C[C@@H]1OC[C@H]2CCN(C(=O)c3ccccn3)C[C@H]21. The van der Waals surface area contributed by atoms with Gasteiger partial charge in [-0.3, -0.25) is 14.7 Å². The lowest BCUT2D eigenvalue weighted by Crippen LogP contribution is -2.47. The highest BCUT2D eigenvalue weighted by Crippen LogP contribution is 2.35. The fourth-order valence-corrected chi connectivity index (χ4v) is 4.09. The van der Waals surface area contributed by atoms with E-state index in [1.807, 2.05) is 29.2 Å². The van der Waals surface area contributed by atoms with Crippen LogP contribution in [-0.2, 0) is 11.3 Å². The van der Waals surface area contributed by atoms with E-state index in [2.05, 4.69) is 16.9 Å². The summed E-state index contributed by atoms with van der Waals surface area (Å²) in [5, 5.41) is 0. The highest BCUT2D eigenvalue weighted by atomic mass is 16.5. The van der Waals surface area contributed by atoms with E-state index in [1.54, 1.807) is 18.5 Å². The number of likely N-dealkylation sites (tertiary alicyclic amines) is 1. The molecule has 2 saturated heterocycles. The predicted molar refractivity (Wildman–Crippen MR) is 96.5 cm³/mol. The van der Waals surface area contributed by atoms with Crippen LogP contribution in [0.1, 0.15) is 22.7 Å². The minimum Gasteiger partial charge on any atom is -0.468 e. The van der Waals surface area contributed by atoms with Crippen LogP contribution < -0.4 is 0 Å². The molecule has 2 fully saturated rings. The van der Waals surface area contributed by atoms with Crippen LogP contribution in [0.4, 0.5) is 0 Å². The van der Waals surface area contributed by atoms with Crippen molar-refractivity contribution in [3.05, 3.63) is 54.2 Å². The minimum absolute atomic E-state index is 0.0265. The van der Waals surface area contributed by atoms with Crippen LogP contribution in [-0.4, -0.2) is 60.1 Å². The van der Waals surface area contributed by atoms with Gasteiger partial charge in [0.2, 0.25) is 0 Å². The molecule has 0 aromatic carbocycles. The third-order valence-electron chi connectivity index (χ3n) is 5.48. The topological polar surface area (TPSA) is 58.8 Å². The maximum Gasteiger partial charge on any atom is 0.272 e. The third kappa shape index (κ3) is 3.66. The number of carbonyl (C=O) groups excluding carboxylic acids is 1. The number of fused-ring (bicyclic) bond motifs is 1. The molecule has 0 N–H and O–H groups in total. The van der Waals surface area contributed by atoms with Crippen LogP contribution in [0.5, 0.6) is 0 Å². The molecule has 138 valence electrons. The Bertz CT molecular complexity index is 719. The fraction of sp³-hybridized carbons (Fsp3) is 0.500. The lowest BCUT2D eigenvalue weighted by molar-refractivity contribution is 0.0417. The van der Waals surface area contributed by atoms with E-state index in [1.165, 1.54) is 0 Å². The van der Waals surface area contributed by atoms with Crippen molar-refractivity contribution in [3.8, 4) is 0 Å². The van der Waals surface area contributed by atoms with E-state index in [9.17, 15) is 4.79 Å². The highest BCUT2D eigenvalue weighted by molar-refractivity contribution is 5.92. The predicted octanol–water partition coefficient (Wildman–Crippen LogP) is 2.28. The van der Waals surface area contributed by atoms with E-state index in [0.29, 0.717) is 17.5 Å². The first-order chi connectivity index (χ1) is 12.7. The number of piperidine rings is 1. The van der Waals surface area contributed by atoms with Gasteiger partial charge in [0, 0.05) is 31.7 Å². The second-order valence-electron chi connectivity index (χ2n) is 7.33. The van der Waals surface area contributed by atoms with Crippen molar-refractivity contribution in [2.75, 3.05) is 33.3 Å². The van der Waals surface area contributed by atoms with Crippen molar-refractivity contribution in [2.24, 2.45) is 11.8 Å². The molecule has 0 saturated carbocycles. The van der Waals surface area contributed by atoms with E-state index in [4.69, 9.17) is 9.15 Å². The third-order valence-corrected chi connectivity index (χ3v) is 5.48. The average molecular weight is 355 g/mol. The van der Waals surface area contributed by atoms with Gasteiger partial charge in [-0.1, -0.05) is 6.07 Å². The van der Waals surface area contributed by atoms with Crippen LogP contribution in [0, 0.1) is 11.8 Å². The maximum absolute atomic E-state index is 12.7. The van der Waals surface area contributed by atoms with Gasteiger partial charge in [0.05, 0.1) is 25.5 Å². The number of aromatic nitrogens is 1. The van der Waals surface area contributed by atoms with E-state index < -0.39 is 0 Å². The van der Waals surface area contributed by atoms with Gasteiger partial charge >= 0.3 is 0 Å².